The number of phenols is 1. The third-order valence-corrected chi connectivity index (χ3v) is 6.97. The number of hydrazone groups is 1. The maximum atomic E-state index is 13.6. The molecule has 3 aromatic rings. The Morgan fingerprint density at radius 1 is 1.00 bits per heavy atom. The van der Waals surface area contributed by atoms with E-state index < -0.39 is 22.5 Å². The van der Waals surface area contributed by atoms with Crippen LogP contribution in [0, 0.1) is 6.92 Å². The van der Waals surface area contributed by atoms with Gasteiger partial charge in [0.05, 0.1) is 38.1 Å². The van der Waals surface area contributed by atoms with E-state index in [0.29, 0.717) is 11.3 Å². The zero-order valence-corrected chi connectivity index (χ0v) is 21.1. The smallest absolute Gasteiger partial charge is 0.264 e. The molecule has 190 valence electrons. The van der Waals surface area contributed by atoms with Gasteiger partial charge >= 0.3 is 0 Å². The number of hydrogen-bond acceptors (Lipinski definition) is 8. The summed E-state index contributed by atoms with van der Waals surface area (Å²) in [6.45, 7) is 1.24. The second-order valence-electron chi connectivity index (χ2n) is 7.55. The molecular formula is C25H27N3O7S. The highest BCUT2D eigenvalue weighted by Crippen LogP contribution is 2.35. The van der Waals surface area contributed by atoms with E-state index in [1.807, 2.05) is 6.92 Å². The first-order chi connectivity index (χ1) is 17.2. The normalized spacial score (nSPS) is 11.2. The first kappa shape index (κ1) is 26.4. The fourth-order valence-electron chi connectivity index (χ4n) is 3.28. The largest absolute Gasteiger partial charge is 0.504 e. The van der Waals surface area contributed by atoms with Gasteiger partial charge in [-0.2, -0.15) is 5.10 Å². The Morgan fingerprint density at radius 3 is 2.33 bits per heavy atom. The zero-order chi connectivity index (χ0) is 26.3. The molecule has 0 spiro atoms. The molecule has 1 amide bonds. The minimum atomic E-state index is -4.17. The van der Waals surface area contributed by atoms with Crippen molar-refractivity contribution in [1.82, 2.24) is 5.43 Å². The third kappa shape index (κ3) is 5.87. The SMILES string of the molecule is COc1ccc(N(CC(=O)N/N=C\c2cccc(OC)c2O)S(=O)(=O)c2ccc(C)cc2)c(OC)c1. The number of rotatable bonds is 10. The summed E-state index contributed by atoms with van der Waals surface area (Å²) in [6, 6.07) is 15.6. The number of benzene rings is 3. The molecule has 36 heavy (non-hydrogen) atoms. The lowest BCUT2D eigenvalue weighted by Gasteiger charge is -2.25. The van der Waals surface area contributed by atoms with Crippen molar-refractivity contribution in [3.63, 3.8) is 0 Å². The van der Waals surface area contributed by atoms with Gasteiger partial charge in [-0.3, -0.25) is 9.10 Å². The number of carbonyl (C=O) groups excluding carboxylic acids is 1. The van der Waals surface area contributed by atoms with Crippen LogP contribution in [-0.4, -0.2) is 53.5 Å². The predicted octanol–water partition coefficient (Wildman–Crippen LogP) is 3.07. The van der Waals surface area contributed by atoms with Crippen molar-refractivity contribution in [3.8, 4) is 23.0 Å². The maximum Gasteiger partial charge on any atom is 0.264 e. The Balaban J connectivity index is 1.93. The Labute approximate surface area is 209 Å². The number of para-hydroxylation sites is 1. The Hall–Kier alpha value is -4.25. The topological polar surface area (TPSA) is 127 Å². The van der Waals surface area contributed by atoms with Gasteiger partial charge in [-0.25, -0.2) is 13.8 Å². The van der Waals surface area contributed by atoms with E-state index in [1.54, 1.807) is 36.4 Å². The lowest BCUT2D eigenvalue weighted by molar-refractivity contribution is -0.119. The minimum Gasteiger partial charge on any atom is -0.504 e. The number of anilines is 1. The summed E-state index contributed by atoms with van der Waals surface area (Å²) in [5.41, 5.74) is 3.62. The van der Waals surface area contributed by atoms with Crippen molar-refractivity contribution < 1.29 is 32.5 Å². The summed E-state index contributed by atoms with van der Waals surface area (Å²) in [6.07, 6.45) is 1.22. The van der Waals surface area contributed by atoms with Crippen LogP contribution in [0.2, 0.25) is 0 Å². The molecule has 0 fully saturated rings. The molecule has 0 unspecified atom stereocenters. The van der Waals surface area contributed by atoms with Gasteiger partial charge in [0.1, 0.15) is 18.0 Å². The zero-order valence-electron chi connectivity index (χ0n) is 20.3. The van der Waals surface area contributed by atoms with Crippen molar-refractivity contribution in [2.75, 3.05) is 32.2 Å². The van der Waals surface area contributed by atoms with E-state index in [-0.39, 0.29) is 27.8 Å². The number of sulfonamides is 1. The fraction of sp³-hybridized carbons (Fsp3) is 0.200. The first-order valence-corrected chi connectivity index (χ1v) is 12.1. The van der Waals surface area contributed by atoms with Gasteiger partial charge in [0.25, 0.3) is 15.9 Å². The van der Waals surface area contributed by atoms with Crippen molar-refractivity contribution in [2.24, 2.45) is 5.10 Å². The number of ether oxygens (including phenoxy) is 3. The average molecular weight is 514 g/mol. The molecule has 0 heterocycles. The molecule has 0 aliphatic rings. The van der Waals surface area contributed by atoms with E-state index >= 15 is 0 Å². The van der Waals surface area contributed by atoms with Gasteiger partial charge in [-0.15, -0.1) is 0 Å². The number of hydrogen-bond donors (Lipinski definition) is 2. The molecule has 3 aromatic carbocycles. The Bertz CT molecular complexity index is 1360. The van der Waals surface area contributed by atoms with E-state index in [2.05, 4.69) is 10.5 Å². The van der Waals surface area contributed by atoms with Crippen LogP contribution in [0.5, 0.6) is 23.0 Å². The van der Waals surface area contributed by atoms with E-state index in [4.69, 9.17) is 14.2 Å². The molecule has 10 nitrogen and oxygen atoms in total. The quantitative estimate of drug-likeness (QED) is 0.315. The summed E-state index contributed by atoms with van der Waals surface area (Å²) in [5.74, 6) is 0.0251. The lowest BCUT2D eigenvalue weighted by atomic mass is 10.2. The van der Waals surface area contributed by atoms with E-state index in [9.17, 15) is 18.3 Å². The molecular weight excluding hydrogens is 486 g/mol. The van der Waals surface area contributed by atoms with Crippen molar-refractivity contribution in [3.05, 3.63) is 71.8 Å². The Morgan fingerprint density at radius 2 is 1.69 bits per heavy atom. The van der Waals surface area contributed by atoms with Crippen LogP contribution in [0.4, 0.5) is 5.69 Å². The fourth-order valence-corrected chi connectivity index (χ4v) is 4.71. The number of methoxy groups -OCH3 is 3. The molecule has 0 saturated carbocycles. The molecule has 0 aromatic heterocycles. The van der Waals surface area contributed by atoms with Crippen LogP contribution >= 0.6 is 0 Å². The van der Waals surface area contributed by atoms with Crippen molar-refractivity contribution >= 4 is 27.8 Å². The monoisotopic (exact) mass is 513 g/mol. The summed E-state index contributed by atoms with van der Waals surface area (Å²) >= 11 is 0. The van der Waals surface area contributed by atoms with Gasteiger partial charge in [0.2, 0.25) is 0 Å². The third-order valence-electron chi connectivity index (χ3n) is 5.19. The number of carbonyl (C=O) groups is 1. The molecule has 2 N–H and O–H groups in total. The molecule has 0 bridgehead atoms. The van der Waals surface area contributed by atoms with Crippen LogP contribution < -0.4 is 23.9 Å². The van der Waals surface area contributed by atoms with E-state index in [1.165, 1.54) is 51.8 Å². The lowest BCUT2D eigenvalue weighted by Crippen LogP contribution is -2.39. The predicted molar refractivity (Wildman–Crippen MR) is 136 cm³/mol. The highest BCUT2D eigenvalue weighted by Gasteiger charge is 2.29. The van der Waals surface area contributed by atoms with Crippen LogP contribution in [0.15, 0.2) is 70.7 Å². The summed E-state index contributed by atoms with van der Waals surface area (Å²) in [4.78, 5) is 12.8. The number of amides is 1. The van der Waals surface area contributed by atoms with Crippen LogP contribution in [0.1, 0.15) is 11.1 Å². The molecule has 0 atom stereocenters. The van der Waals surface area contributed by atoms with Gasteiger partial charge in [0, 0.05) is 11.6 Å². The molecule has 0 aliphatic carbocycles. The van der Waals surface area contributed by atoms with Gasteiger partial charge in [-0.1, -0.05) is 23.8 Å². The summed E-state index contributed by atoms with van der Waals surface area (Å²) in [7, 11) is 0.105. The first-order valence-electron chi connectivity index (χ1n) is 10.7. The van der Waals surface area contributed by atoms with E-state index in [0.717, 1.165) is 9.87 Å². The average Bonchev–Trinajstić information content (AvgIpc) is 2.88. The van der Waals surface area contributed by atoms with Crippen LogP contribution in [0.25, 0.3) is 0 Å². The maximum absolute atomic E-state index is 13.6. The minimum absolute atomic E-state index is 0.00331. The summed E-state index contributed by atoms with van der Waals surface area (Å²) < 4.78 is 43.7. The number of aryl methyl sites for hydroxylation is 1. The highest BCUT2D eigenvalue weighted by atomic mass is 32.2. The molecule has 0 aliphatic heterocycles. The van der Waals surface area contributed by atoms with Crippen molar-refractivity contribution in [1.29, 1.82) is 0 Å². The Kier molecular flexibility index (Phi) is 8.38. The number of nitrogens with zero attached hydrogens (tertiary/aromatic N) is 2. The number of phenolic OH excluding ortho intramolecular Hbond substituents is 1. The summed E-state index contributed by atoms with van der Waals surface area (Å²) in [5, 5.41) is 14.0. The molecule has 0 radical (unpaired) electrons. The van der Waals surface area contributed by atoms with Gasteiger partial charge in [-0.05, 0) is 43.3 Å². The second-order valence-corrected chi connectivity index (χ2v) is 9.42. The highest BCUT2D eigenvalue weighted by molar-refractivity contribution is 7.92. The number of nitrogens with one attached hydrogen (secondary N) is 1. The van der Waals surface area contributed by atoms with Crippen LogP contribution in [0.3, 0.4) is 0 Å². The molecule has 0 saturated heterocycles. The van der Waals surface area contributed by atoms with Gasteiger partial charge < -0.3 is 19.3 Å². The molecule has 3 rings (SSSR count). The molecule has 11 heteroatoms. The van der Waals surface area contributed by atoms with Crippen LogP contribution in [-0.2, 0) is 14.8 Å². The standard InChI is InChI=1S/C25H27N3O7S/c1-17-8-11-20(12-9-17)36(31,32)28(21-13-10-19(33-2)14-23(21)35-4)16-24(29)27-26-15-18-6-5-7-22(34-3)25(18)30/h5-15,30H,16H2,1-4H3,(H,27,29)/b26-15-. The van der Waals surface area contributed by atoms with Crippen molar-refractivity contribution in [2.45, 2.75) is 11.8 Å². The van der Waals surface area contributed by atoms with Gasteiger partial charge in [0.15, 0.2) is 11.5 Å². The number of aromatic hydroxyl groups is 1. The second kappa shape index (κ2) is 11.5.